The Labute approximate surface area is 129 Å². The highest BCUT2D eigenvalue weighted by Gasteiger charge is 2.18. The van der Waals surface area contributed by atoms with Crippen LogP contribution in [-0.2, 0) is 17.3 Å². The molecular weight excluding hydrogens is 282 g/mol. The van der Waals surface area contributed by atoms with Crippen molar-refractivity contribution in [2.75, 3.05) is 29.5 Å². The molecule has 1 fully saturated rings. The van der Waals surface area contributed by atoms with Gasteiger partial charge in [-0.2, -0.15) is 5.26 Å². The molecule has 1 heterocycles. The summed E-state index contributed by atoms with van der Waals surface area (Å²) in [6.07, 6.45) is 0. The molecule has 114 valence electrons. The Hall–Kier alpha value is -1.38. The Balaban J connectivity index is 2.13. The van der Waals surface area contributed by atoms with E-state index in [0.29, 0.717) is 17.1 Å². The Morgan fingerprint density at radius 3 is 2.57 bits per heavy atom. The molecule has 0 aliphatic carbocycles. The molecule has 21 heavy (non-hydrogen) atoms. The van der Waals surface area contributed by atoms with Gasteiger partial charge < -0.3 is 10.2 Å². The zero-order chi connectivity index (χ0) is 15.5. The molecule has 0 bridgehead atoms. The lowest BCUT2D eigenvalue weighted by Gasteiger charge is -2.29. The van der Waals surface area contributed by atoms with Gasteiger partial charge in [0, 0.05) is 47.5 Å². The van der Waals surface area contributed by atoms with Crippen LogP contribution >= 0.6 is 0 Å². The first-order valence-corrected chi connectivity index (χ1v) is 8.76. The SMILES string of the molecule is CC(C)(C)NCc1ccc(N2CCS(=O)CC2)c(C#N)c1. The molecule has 0 spiro atoms. The Bertz CT molecular complexity index is 562. The normalized spacial score (nSPS) is 16.8. The second-order valence-electron chi connectivity index (χ2n) is 6.40. The molecule has 5 heteroatoms. The molecule has 0 unspecified atom stereocenters. The Kier molecular flexibility index (Phi) is 5.02. The van der Waals surface area contributed by atoms with Crippen LogP contribution in [0.25, 0.3) is 0 Å². The summed E-state index contributed by atoms with van der Waals surface area (Å²) in [4.78, 5) is 2.17. The molecule has 2 rings (SSSR count). The summed E-state index contributed by atoms with van der Waals surface area (Å²) < 4.78 is 11.4. The molecule has 1 saturated heterocycles. The van der Waals surface area contributed by atoms with E-state index in [2.05, 4.69) is 43.1 Å². The topological polar surface area (TPSA) is 56.1 Å². The molecule has 4 nitrogen and oxygen atoms in total. The van der Waals surface area contributed by atoms with Gasteiger partial charge in [0.15, 0.2) is 0 Å². The van der Waals surface area contributed by atoms with E-state index in [9.17, 15) is 9.47 Å². The van der Waals surface area contributed by atoms with Crippen LogP contribution < -0.4 is 10.2 Å². The molecular formula is C16H23N3OS. The highest BCUT2D eigenvalue weighted by atomic mass is 32.2. The third-order valence-corrected chi connectivity index (χ3v) is 4.80. The van der Waals surface area contributed by atoms with Crippen LogP contribution in [-0.4, -0.2) is 34.3 Å². The molecule has 0 radical (unpaired) electrons. The highest BCUT2D eigenvalue weighted by molar-refractivity contribution is 7.85. The number of hydrogen-bond acceptors (Lipinski definition) is 4. The number of nitrogens with one attached hydrogen (secondary N) is 1. The van der Waals surface area contributed by atoms with Crippen molar-refractivity contribution in [2.24, 2.45) is 0 Å². The molecule has 1 N–H and O–H groups in total. The molecule has 0 aromatic heterocycles. The van der Waals surface area contributed by atoms with Crippen molar-refractivity contribution in [3.63, 3.8) is 0 Å². The van der Waals surface area contributed by atoms with E-state index in [1.807, 2.05) is 12.1 Å². The van der Waals surface area contributed by atoms with Crippen molar-refractivity contribution in [3.8, 4) is 6.07 Å². The van der Waals surface area contributed by atoms with Gasteiger partial charge in [0.2, 0.25) is 0 Å². The van der Waals surface area contributed by atoms with Crippen LogP contribution in [0.5, 0.6) is 0 Å². The quantitative estimate of drug-likeness (QED) is 0.928. The van der Waals surface area contributed by atoms with Crippen molar-refractivity contribution in [1.82, 2.24) is 5.32 Å². The van der Waals surface area contributed by atoms with Gasteiger partial charge in [0.25, 0.3) is 0 Å². The van der Waals surface area contributed by atoms with E-state index in [-0.39, 0.29) is 5.54 Å². The second-order valence-corrected chi connectivity index (χ2v) is 8.10. The molecule has 0 amide bonds. The van der Waals surface area contributed by atoms with Gasteiger partial charge >= 0.3 is 0 Å². The lowest BCUT2D eigenvalue weighted by Crippen LogP contribution is -2.38. The van der Waals surface area contributed by atoms with Gasteiger partial charge in [0.05, 0.1) is 11.3 Å². The fourth-order valence-electron chi connectivity index (χ4n) is 2.30. The number of hydrogen-bond donors (Lipinski definition) is 1. The number of anilines is 1. The van der Waals surface area contributed by atoms with Crippen molar-refractivity contribution < 1.29 is 4.21 Å². The monoisotopic (exact) mass is 305 g/mol. The van der Waals surface area contributed by atoms with Crippen LogP contribution in [0.4, 0.5) is 5.69 Å². The molecule has 1 aromatic carbocycles. The van der Waals surface area contributed by atoms with Crippen LogP contribution in [0.15, 0.2) is 18.2 Å². The van der Waals surface area contributed by atoms with E-state index in [1.165, 1.54) is 0 Å². The standard InChI is InChI=1S/C16H23N3OS/c1-16(2,3)18-12-13-4-5-15(14(10-13)11-17)19-6-8-21(20)9-7-19/h4-5,10,18H,6-9,12H2,1-3H3. The maximum absolute atomic E-state index is 11.4. The number of benzene rings is 1. The Morgan fingerprint density at radius 1 is 1.33 bits per heavy atom. The molecule has 1 aliphatic heterocycles. The predicted molar refractivity (Wildman–Crippen MR) is 87.8 cm³/mol. The van der Waals surface area contributed by atoms with Crippen LogP contribution in [0.1, 0.15) is 31.9 Å². The van der Waals surface area contributed by atoms with E-state index in [0.717, 1.165) is 30.9 Å². The lowest BCUT2D eigenvalue weighted by molar-refractivity contribution is 0.424. The van der Waals surface area contributed by atoms with Crippen molar-refractivity contribution >= 4 is 16.5 Å². The first kappa shape index (κ1) is 16.0. The fourth-order valence-corrected chi connectivity index (χ4v) is 3.36. The lowest BCUT2D eigenvalue weighted by atomic mass is 10.1. The van der Waals surface area contributed by atoms with Crippen molar-refractivity contribution in [2.45, 2.75) is 32.9 Å². The number of nitriles is 1. The van der Waals surface area contributed by atoms with Crippen LogP contribution in [0.2, 0.25) is 0 Å². The third-order valence-electron chi connectivity index (χ3n) is 3.52. The van der Waals surface area contributed by atoms with E-state index < -0.39 is 10.8 Å². The maximum Gasteiger partial charge on any atom is 0.101 e. The minimum Gasteiger partial charge on any atom is -0.369 e. The zero-order valence-electron chi connectivity index (χ0n) is 13.0. The maximum atomic E-state index is 11.4. The van der Waals surface area contributed by atoms with E-state index in [4.69, 9.17) is 0 Å². The van der Waals surface area contributed by atoms with Crippen LogP contribution in [0, 0.1) is 11.3 Å². The third kappa shape index (κ3) is 4.55. The summed E-state index contributed by atoms with van der Waals surface area (Å²) in [6.45, 7) is 8.66. The summed E-state index contributed by atoms with van der Waals surface area (Å²) >= 11 is 0. The Morgan fingerprint density at radius 2 is 2.00 bits per heavy atom. The van der Waals surface area contributed by atoms with Gasteiger partial charge in [-0.25, -0.2) is 0 Å². The average molecular weight is 305 g/mol. The minimum atomic E-state index is -0.695. The van der Waals surface area contributed by atoms with Gasteiger partial charge in [0.1, 0.15) is 6.07 Å². The van der Waals surface area contributed by atoms with Crippen molar-refractivity contribution in [3.05, 3.63) is 29.3 Å². The molecule has 0 atom stereocenters. The fraction of sp³-hybridized carbons (Fsp3) is 0.562. The van der Waals surface area contributed by atoms with Crippen molar-refractivity contribution in [1.29, 1.82) is 5.26 Å². The molecule has 1 aliphatic rings. The second kappa shape index (κ2) is 6.59. The number of nitrogens with zero attached hydrogens (tertiary/aromatic N) is 2. The molecule has 1 aromatic rings. The zero-order valence-corrected chi connectivity index (χ0v) is 13.8. The van der Waals surface area contributed by atoms with E-state index >= 15 is 0 Å². The van der Waals surface area contributed by atoms with Gasteiger partial charge in [-0.1, -0.05) is 6.07 Å². The first-order chi connectivity index (χ1) is 9.89. The molecule has 0 saturated carbocycles. The summed E-state index contributed by atoms with van der Waals surface area (Å²) in [5, 5.41) is 12.8. The number of rotatable bonds is 3. The summed E-state index contributed by atoms with van der Waals surface area (Å²) in [7, 11) is -0.695. The van der Waals surface area contributed by atoms with Gasteiger partial charge in [-0.15, -0.1) is 0 Å². The first-order valence-electron chi connectivity index (χ1n) is 7.27. The average Bonchev–Trinajstić information content (AvgIpc) is 2.45. The summed E-state index contributed by atoms with van der Waals surface area (Å²) in [6, 6.07) is 8.34. The smallest absolute Gasteiger partial charge is 0.101 e. The van der Waals surface area contributed by atoms with E-state index in [1.54, 1.807) is 0 Å². The van der Waals surface area contributed by atoms with Gasteiger partial charge in [-0.05, 0) is 38.5 Å². The predicted octanol–water partition coefficient (Wildman–Crippen LogP) is 2.02. The summed E-state index contributed by atoms with van der Waals surface area (Å²) in [5.74, 6) is 1.39. The van der Waals surface area contributed by atoms with Crippen LogP contribution in [0.3, 0.4) is 0 Å². The minimum absolute atomic E-state index is 0.0579. The largest absolute Gasteiger partial charge is 0.369 e. The highest BCUT2D eigenvalue weighted by Crippen LogP contribution is 2.23. The van der Waals surface area contributed by atoms with Gasteiger partial charge in [-0.3, -0.25) is 4.21 Å². The summed E-state index contributed by atoms with van der Waals surface area (Å²) in [5.41, 5.74) is 2.85.